The lowest BCUT2D eigenvalue weighted by Crippen LogP contribution is -2.43. The molecule has 2 heterocycles. The zero-order valence-corrected chi connectivity index (χ0v) is 18.4. The molecule has 1 aromatic carbocycles. The number of methoxy groups -OCH3 is 1. The summed E-state index contributed by atoms with van der Waals surface area (Å²) in [5, 5.41) is 2.93. The lowest BCUT2D eigenvalue weighted by molar-refractivity contribution is -0.136. The van der Waals surface area contributed by atoms with E-state index in [1.54, 1.807) is 11.0 Å². The summed E-state index contributed by atoms with van der Waals surface area (Å²) in [6, 6.07) is 9.17. The largest absolute Gasteiger partial charge is 0.489 e. The number of aromatic nitrogens is 2. The van der Waals surface area contributed by atoms with Gasteiger partial charge < -0.3 is 19.7 Å². The summed E-state index contributed by atoms with van der Waals surface area (Å²) < 4.78 is 11.1. The lowest BCUT2D eigenvalue weighted by Gasteiger charge is -2.32. The summed E-state index contributed by atoms with van der Waals surface area (Å²) in [7, 11) is 1.52. The molecular formula is C23H30N4O4. The maximum absolute atomic E-state index is 12.7. The van der Waals surface area contributed by atoms with Gasteiger partial charge in [-0.25, -0.2) is 9.97 Å². The Kier molecular flexibility index (Phi) is 7.94. The molecule has 0 saturated carbocycles. The van der Waals surface area contributed by atoms with Crippen LogP contribution >= 0.6 is 0 Å². The molecule has 0 bridgehead atoms. The maximum Gasteiger partial charge on any atom is 0.255 e. The third-order valence-corrected chi connectivity index (χ3v) is 5.15. The molecule has 1 N–H and O–H groups in total. The van der Waals surface area contributed by atoms with E-state index >= 15 is 0 Å². The van der Waals surface area contributed by atoms with Crippen molar-refractivity contribution in [2.24, 2.45) is 0 Å². The van der Waals surface area contributed by atoms with Crippen LogP contribution in [-0.2, 0) is 16.0 Å². The molecule has 0 atom stereocenters. The molecule has 2 amide bonds. The van der Waals surface area contributed by atoms with Crippen LogP contribution in [0.2, 0.25) is 0 Å². The number of carbonyl (C=O) groups is 2. The fourth-order valence-corrected chi connectivity index (χ4v) is 3.67. The molecule has 166 valence electrons. The Morgan fingerprint density at radius 3 is 2.48 bits per heavy atom. The first-order valence-electron chi connectivity index (χ1n) is 10.6. The zero-order chi connectivity index (χ0) is 22.2. The van der Waals surface area contributed by atoms with Crippen LogP contribution in [0.15, 0.2) is 30.3 Å². The predicted molar refractivity (Wildman–Crippen MR) is 116 cm³/mol. The van der Waals surface area contributed by atoms with Crippen molar-refractivity contribution in [2.75, 3.05) is 33.4 Å². The molecule has 0 radical (unpaired) electrons. The second-order valence-electron chi connectivity index (χ2n) is 7.70. The van der Waals surface area contributed by atoms with E-state index in [0.717, 1.165) is 30.1 Å². The monoisotopic (exact) mass is 426 g/mol. The van der Waals surface area contributed by atoms with Gasteiger partial charge in [-0.15, -0.1) is 0 Å². The van der Waals surface area contributed by atoms with Gasteiger partial charge in [-0.3, -0.25) is 9.59 Å². The number of para-hydroxylation sites is 1. The Balaban J connectivity index is 1.54. The van der Waals surface area contributed by atoms with Crippen molar-refractivity contribution in [3.8, 4) is 5.75 Å². The maximum atomic E-state index is 12.7. The van der Waals surface area contributed by atoms with Crippen molar-refractivity contribution in [1.82, 2.24) is 20.2 Å². The van der Waals surface area contributed by atoms with Gasteiger partial charge in [0.1, 0.15) is 24.3 Å². The van der Waals surface area contributed by atoms with E-state index in [0.29, 0.717) is 37.4 Å². The Morgan fingerprint density at radius 1 is 1.13 bits per heavy atom. The van der Waals surface area contributed by atoms with Gasteiger partial charge >= 0.3 is 0 Å². The minimum absolute atomic E-state index is 0.00601. The number of aryl methyl sites for hydroxylation is 2. The Bertz CT molecular complexity index is 890. The number of carbonyl (C=O) groups excluding carboxylic acids is 2. The minimum atomic E-state index is -0.187. The third kappa shape index (κ3) is 6.49. The standard InChI is InChI=1S/C23H30N4O4/c1-16-14-17(2)26-21(25-16)8-11-24-23(29)19-6-4-5-7-20(19)31-18-9-12-27(13-10-18)22(28)15-30-3/h4-7,14,18H,8-13,15H2,1-3H3,(H,24,29). The Morgan fingerprint density at radius 2 is 1.81 bits per heavy atom. The van der Waals surface area contributed by atoms with Gasteiger partial charge in [-0.2, -0.15) is 0 Å². The van der Waals surface area contributed by atoms with Gasteiger partial charge in [-0.05, 0) is 32.0 Å². The van der Waals surface area contributed by atoms with Gasteiger partial charge in [0.05, 0.1) is 5.56 Å². The first-order valence-corrected chi connectivity index (χ1v) is 10.6. The number of rotatable bonds is 8. The van der Waals surface area contributed by atoms with E-state index in [-0.39, 0.29) is 24.5 Å². The minimum Gasteiger partial charge on any atom is -0.489 e. The number of amides is 2. The van der Waals surface area contributed by atoms with Crippen molar-refractivity contribution in [2.45, 2.75) is 39.2 Å². The van der Waals surface area contributed by atoms with Gasteiger partial charge in [0, 0.05) is 57.4 Å². The summed E-state index contributed by atoms with van der Waals surface area (Å²) >= 11 is 0. The number of ether oxygens (including phenoxy) is 2. The number of piperidine rings is 1. The van der Waals surface area contributed by atoms with E-state index in [2.05, 4.69) is 15.3 Å². The number of benzene rings is 1. The number of likely N-dealkylation sites (tertiary alicyclic amines) is 1. The van der Waals surface area contributed by atoms with E-state index in [1.807, 2.05) is 38.1 Å². The second-order valence-corrected chi connectivity index (χ2v) is 7.70. The SMILES string of the molecule is COCC(=O)N1CCC(Oc2ccccc2C(=O)NCCc2nc(C)cc(C)n2)CC1. The average molecular weight is 427 g/mol. The van der Waals surface area contributed by atoms with Crippen LogP contribution in [0.1, 0.15) is 40.4 Å². The van der Waals surface area contributed by atoms with Gasteiger partial charge in [0.25, 0.3) is 5.91 Å². The summed E-state index contributed by atoms with van der Waals surface area (Å²) in [5.74, 6) is 1.09. The van der Waals surface area contributed by atoms with Crippen LogP contribution in [-0.4, -0.2) is 66.1 Å². The number of nitrogens with one attached hydrogen (secondary N) is 1. The fraction of sp³-hybridized carbons (Fsp3) is 0.478. The summed E-state index contributed by atoms with van der Waals surface area (Å²) in [5.41, 5.74) is 2.34. The van der Waals surface area contributed by atoms with E-state index in [4.69, 9.17) is 9.47 Å². The van der Waals surface area contributed by atoms with Crippen molar-refractivity contribution >= 4 is 11.8 Å². The topological polar surface area (TPSA) is 93.6 Å². The van der Waals surface area contributed by atoms with Crippen LogP contribution in [0.3, 0.4) is 0 Å². The molecule has 0 unspecified atom stereocenters. The highest BCUT2D eigenvalue weighted by atomic mass is 16.5. The number of hydrogen-bond acceptors (Lipinski definition) is 6. The van der Waals surface area contributed by atoms with Crippen molar-refractivity contribution < 1.29 is 19.1 Å². The highest BCUT2D eigenvalue weighted by Gasteiger charge is 2.25. The quantitative estimate of drug-likeness (QED) is 0.695. The van der Waals surface area contributed by atoms with Gasteiger partial charge in [0.2, 0.25) is 5.91 Å². The second kappa shape index (κ2) is 10.9. The van der Waals surface area contributed by atoms with E-state index in [1.165, 1.54) is 7.11 Å². The molecule has 1 fully saturated rings. The smallest absolute Gasteiger partial charge is 0.255 e. The van der Waals surface area contributed by atoms with Crippen LogP contribution in [0, 0.1) is 13.8 Å². The van der Waals surface area contributed by atoms with Crippen LogP contribution in [0.4, 0.5) is 0 Å². The molecule has 3 rings (SSSR count). The first kappa shape index (κ1) is 22.7. The molecule has 8 heteroatoms. The highest BCUT2D eigenvalue weighted by Crippen LogP contribution is 2.23. The normalized spacial score (nSPS) is 14.4. The molecule has 2 aromatic rings. The lowest BCUT2D eigenvalue weighted by atomic mass is 10.1. The Hall–Kier alpha value is -3.00. The zero-order valence-electron chi connectivity index (χ0n) is 18.4. The van der Waals surface area contributed by atoms with E-state index in [9.17, 15) is 9.59 Å². The van der Waals surface area contributed by atoms with E-state index < -0.39 is 0 Å². The van der Waals surface area contributed by atoms with Crippen molar-refractivity contribution in [1.29, 1.82) is 0 Å². The number of hydrogen-bond donors (Lipinski definition) is 1. The average Bonchev–Trinajstić information content (AvgIpc) is 2.74. The molecule has 0 aliphatic carbocycles. The molecule has 1 saturated heterocycles. The fourth-order valence-electron chi connectivity index (χ4n) is 3.67. The first-order chi connectivity index (χ1) is 15.0. The molecule has 0 spiro atoms. The highest BCUT2D eigenvalue weighted by molar-refractivity contribution is 5.96. The van der Waals surface area contributed by atoms with Gasteiger partial charge in [-0.1, -0.05) is 12.1 Å². The van der Waals surface area contributed by atoms with Crippen LogP contribution in [0.25, 0.3) is 0 Å². The predicted octanol–water partition coefficient (Wildman–Crippen LogP) is 2.08. The van der Waals surface area contributed by atoms with Gasteiger partial charge in [0.15, 0.2) is 0 Å². The molecule has 1 aliphatic heterocycles. The summed E-state index contributed by atoms with van der Waals surface area (Å²) in [6.45, 7) is 5.65. The molecule has 31 heavy (non-hydrogen) atoms. The molecular weight excluding hydrogens is 396 g/mol. The van der Waals surface area contributed by atoms with Crippen molar-refractivity contribution in [3.05, 3.63) is 53.1 Å². The van der Waals surface area contributed by atoms with Crippen LogP contribution in [0.5, 0.6) is 5.75 Å². The number of nitrogens with zero attached hydrogens (tertiary/aromatic N) is 3. The molecule has 1 aromatic heterocycles. The summed E-state index contributed by atoms with van der Waals surface area (Å²) in [6.07, 6.45) is 1.96. The molecule has 1 aliphatic rings. The summed E-state index contributed by atoms with van der Waals surface area (Å²) in [4.78, 5) is 35.3. The Labute approximate surface area is 183 Å². The third-order valence-electron chi connectivity index (χ3n) is 5.15. The molecule has 8 nitrogen and oxygen atoms in total. The van der Waals surface area contributed by atoms with Crippen molar-refractivity contribution in [3.63, 3.8) is 0 Å². The van der Waals surface area contributed by atoms with Crippen LogP contribution < -0.4 is 10.1 Å².